The first-order valence-corrected chi connectivity index (χ1v) is 4.23. The summed E-state index contributed by atoms with van der Waals surface area (Å²) in [6, 6.07) is 5.66. The second-order valence-corrected chi connectivity index (χ2v) is 3.10. The van der Waals surface area contributed by atoms with E-state index in [-0.39, 0.29) is 0 Å². The highest BCUT2D eigenvalue weighted by Crippen LogP contribution is 2.25. The molecule has 0 spiro atoms. The molecule has 0 heterocycles. The fraction of sp³-hybridized carbons (Fsp3) is 0.250. The van der Waals surface area contributed by atoms with E-state index in [4.69, 9.17) is 23.2 Å². The van der Waals surface area contributed by atoms with Crippen molar-refractivity contribution < 1.29 is 5.73 Å². The van der Waals surface area contributed by atoms with Crippen molar-refractivity contribution in [1.29, 1.82) is 0 Å². The Morgan fingerprint density at radius 2 is 2.00 bits per heavy atom. The quantitative estimate of drug-likeness (QED) is 0.737. The molecule has 0 atom stereocenters. The standard InChI is InChI=1S/C8H9Cl2N/c9-7-3-1-2-6(4-5-11)8(7)10/h1-3H,4-5,11H2/p+1. The molecule has 0 amide bonds. The van der Waals surface area contributed by atoms with Crippen LogP contribution in [0.25, 0.3) is 0 Å². The molecule has 0 saturated carbocycles. The number of hydrogen-bond donors (Lipinski definition) is 1. The third-order valence-corrected chi connectivity index (χ3v) is 2.34. The van der Waals surface area contributed by atoms with Crippen LogP contribution in [0.15, 0.2) is 18.2 Å². The van der Waals surface area contributed by atoms with Gasteiger partial charge in [0.25, 0.3) is 0 Å². The Hall–Kier alpha value is -0.240. The Balaban J connectivity index is 2.96. The maximum absolute atomic E-state index is 5.91. The maximum atomic E-state index is 5.91. The second-order valence-electron chi connectivity index (χ2n) is 2.32. The van der Waals surface area contributed by atoms with Crippen LogP contribution in [0.2, 0.25) is 10.0 Å². The summed E-state index contributed by atoms with van der Waals surface area (Å²) in [6.45, 7) is 0.847. The number of benzene rings is 1. The van der Waals surface area contributed by atoms with Crippen molar-refractivity contribution in [1.82, 2.24) is 0 Å². The van der Waals surface area contributed by atoms with Crippen molar-refractivity contribution in [2.45, 2.75) is 6.42 Å². The number of hydrogen-bond acceptors (Lipinski definition) is 0. The predicted octanol–water partition coefficient (Wildman–Crippen LogP) is 1.78. The molecular formula is C8H10Cl2N+. The first kappa shape index (κ1) is 8.85. The van der Waals surface area contributed by atoms with Crippen molar-refractivity contribution in [2.24, 2.45) is 0 Å². The van der Waals surface area contributed by atoms with Crippen LogP contribution in [-0.4, -0.2) is 6.54 Å². The third-order valence-electron chi connectivity index (χ3n) is 1.48. The zero-order valence-electron chi connectivity index (χ0n) is 6.11. The topological polar surface area (TPSA) is 27.6 Å². The van der Waals surface area contributed by atoms with Gasteiger partial charge < -0.3 is 5.73 Å². The zero-order chi connectivity index (χ0) is 8.27. The van der Waals surface area contributed by atoms with Crippen LogP contribution in [0.4, 0.5) is 0 Å². The fourth-order valence-corrected chi connectivity index (χ4v) is 1.35. The molecule has 0 aromatic heterocycles. The SMILES string of the molecule is [NH3+]CCc1cccc(Cl)c1Cl. The van der Waals surface area contributed by atoms with E-state index in [1.165, 1.54) is 0 Å². The van der Waals surface area contributed by atoms with Gasteiger partial charge in [-0.2, -0.15) is 0 Å². The Morgan fingerprint density at radius 1 is 1.27 bits per heavy atom. The van der Waals surface area contributed by atoms with Crippen LogP contribution in [0, 0.1) is 0 Å². The molecule has 0 aliphatic carbocycles. The molecule has 3 heteroatoms. The van der Waals surface area contributed by atoms with E-state index in [9.17, 15) is 0 Å². The van der Waals surface area contributed by atoms with E-state index in [1.807, 2.05) is 12.1 Å². The first-order valence-electron chi connectivity index (χ1n) is 3.48. The van der Waals surface area contributed by atoms with Gasteiger partial charge in [0, 0.05) is 6.42 Å². The van der Waals surface area contributed by atoms with Crippen LogP contribution in [-0.2, 0) is 6.42 Å². The van der Waals surface area contributed by atoms with Gasteiger partial charge in [-0.3, -0.25) is 0 Å². The van der Waals surface area contributed by atoms with Crippen LogP contribution in [0.1, 0.15) is 5.56 Å². The molecule has 0 fully saturated rings. The monoisotopic (exact) mass is 190 g/mol. The molecule has 0 aliphatic rings. The fourth-order valence-electron chi connectivity index (χ4n) is 0.932. The van der Waals surface area contributed by atoms with E-state index in [1.54, 1.807) is 6.07 Å². The van der Waals surface area contributed by atoms with Crippen LogP contribution in [0.3, 0.4) is 0 Å². The van der Waals surface area contributed by atoms with Crippen LogP contribution >= 0.6 is 23.2 Å². The lowest BCUT2D eigenvalue weighted by Gasteiger charge is -2.01. The van der Waals surface area contributed by atoms with Gasteiger partial charge in [-0.15, -0.1) is 0 Å². The summed E-state index contributed by atoms with van der Waals surface area (Å²) in [4.78, 5) is 0. The van der Waals surface area contributed by atoms with E-state index in [2.05, 4.69) is 5.73 Å². The summed E-state index contributed by atoms with van der Waals surface area (Å²) in [5.41, 5.74) is 4.83. The minimum Gasteiger partial charge on any atom is -0.357 e. The summed E-state index contributed by atoms with van der Waals surface area (Å²) < 4.78 is 0. The highest BCUT2D eigenvalue weighted by Gasteiger charge is 2.02. The van der Waals surface area contributed by atoms with Gasteiger partial charge in [0.1, 0.15) is 0 Å². The van der Waals surface area contributed by atoms with Crippen molar-refractivity contribution in [2.75, 3.05) is 6.54 Å². The minimum atomic E-state index is 0.623. The molecular weight excluding hydrogens is 181 g/mol. The van der Waals surface area contributed by atoms with Gasteiger partial charge in [0.2, 0.25) is 0 Å². The highest BCUT2D eigenvalue weighted by molar-refractivity contribution is 6.42. The highest BCUT2D eigenvalue weighted by atomic mass is 35.5. The average molecular weight is 191 g/mol. The van der Waals surface area contributed by atoms with Gasteiger partial charge >= 0.3 is 0 Å². The second kappa shape index (κ2) is 3.96. The summed E-state index contributed by atoms with van der Waals surface area (Å²) >= 11 is 11.7. The number of rotatable bonds is 2. The molecule has 60 valence electrons. The third kappa shape index (κ3) is 2.09. The molecule has 0 bridgehead atoms. The van der Waals surface area contributed by atoms with Crippen molar-refractivity contribution >= 4 is 23.2 Å². The van der Waals surface area contributed by atoms with Gasteiger partial charge in [0.15, 0.2) is 0 Å². The lowest BCUT2D eigenvalue weighted by molar-refractivity contribution is -0.366. The summed E-state index contributed by atoms with van der Waals surface area (Å²) in [6.07, 6.45) is 0.888. The molecule has 0 unspecified atom stereocenters. The van der Waals surface area contributed by atoms with E-state index in [0.29, 0.717) is 10.0 Å². The molecule has 1 aromatic rings. The predicted molar refractivity (Wildman–Crippen MR) is 47.9 cm³/mol. The molecule has 0 radical (unpaired) electrons. The Kier molecular flexibility index (Phi) is 3.18. The van der Waals surface area contributed by atoms with E-state index >= 15 is 0 Å². The molecule has 1 nitrogen and oxygen atoms in total. The van der Waals surface area contributed by atoms with Crippen molar-refractivity contribution in [3.8, 4) is 0 Å². The largest absolute Gasteiger partial charge is 0.357 e. The summed E-state index contributed by atoms with van der Waals surface area (Å²) in [5.74, 6) is 0. The molecule has 1 aromatic carbocycles. The van der Waals surface area contributed by atoms with Crippen molar-refractivity contribution in [3.63, 3.8) is 0 Å². The lowest BCUT2D eigenvalue weighted by Crippen LogP contribution is -2.51. The smallest absolute Gasteiger partial charge is 0.0781 e. The first-order chi connectivity index (χ1) is 5.25. The maximum Gasteiger partial charge on any atom is 0.0781 e. The minimum absolute atomic E-state index is 0.623. The Bertz CT molecular complexity index is 248. The van der Waals surface area contributed by atoms with Gasteiger partial charge in [-0.05, 0) is 11.6 Å². The molecule has 11 heavy (non-hydrogen) atoms. The van der Waals surface area contributed by atoms with Gasteiger partial charge in [-0.1, -0.05) is 35.3 Å². The zero-order valence-corrected chi connectivity index (χ0v) is 7.62. The summed E-state index contributed by atoms with van der Waals surface area (Å²) in [7, 11) is 0. The Morgan fingerprint density at radius 3 is 2.64 bits per heavy atom. The number of halogens is 2. The lowest BCUT2D eigenvalue weighted by atomic mass is 10.1. The normalized spacial score (nSPS) is 10.1. The number of quaternary nitrogens is 1. The van der Waals surface area contributed by atoms with Gasteiger partial charge in [0.05, 0.1) is 16.6 Å². The Labute approximate surface area is 76.1 Å². The molecule has 0 saturated heterocycles. The molecule has 1 rings (SSSR count). The van der Waals surface area contributed by atoms with Gasteiger partial charge in [-0.25, -0.2) is 0 Å². The van der Waals surface area contributed by atoms with Crippen LogP contribution < -0.4 is 5.73 Å². The van der Waals surface area contributed by atoms with E-state index in [0.717, 1.165) is 18.5 Å². The molecule has 0 aliphatic heterocycles. The van der Waals surface area contributed by atoms with Crippen LogP contribution in [0.5, 0.6) is 0 Å². The molecule has 3 N–H and O–H groups in total. The summed E-state index contributed by atoms with van der Waals surface area (Å²) in [5, 5.41) is 1.29. The van der Waals surface area contributed by atoms with E-state index < -0.39 is 0 Å². The van der Waals surface area contributed by atoms with Crippen molar-refractivity contribution in [3.05, 3.63) is 33.8 Å². The average Bonchev–Trinajstić information content (AvgIpc) is 1.99.